The standard InChI is InChI=1S/C22H22INO5S/c1-22(2,3)30(27)24-12-17-10-16-8-14(9-18(23)21(16)29-17)13-28-19-7-5-4-6-15(19)11-20(25)26/h4-10,12H,11,13H2,1-3H3,(H,25,26)/b24-12+. The number of benzene rings is 2. The summed E-state index contributed by atoms with van der Waals surface area (Å²) in [5.74, 6) is 0.187. The minimum Gasteiger partial charge on any atom is -0.591 e. The first kappa shape index (κ1) is 22.6. The highest BCUT2D eigenvalue weighted by Crippen LogP contribution is 2.28. The molecule has 0 bridgehead atoms. The molecule has 0 radical (unpaired) electrons. The van der Waals surface area contributed by atoms with Gasteiger partial charge in [0.25, 0.3) is 0 Å². The maximum atomic E-state index is 12.1. The van der Waals surface area contributed by atoms with Gasteiger partial charge >= 0.3 is 5.97 Å². The van der Waals surface area contributed by atoms with E-state index in [1.165, 1.54) is 6.21 Å². The van der Waals surface area contributed by atoms with Crippen molar-refractivity contribution in [3.63, 3.8) is 0 Å². The average molecular weight is 539 g/mol. The fraction of sp³-hybridized carbons (Fsp3) is 0.273. The highest BCUT2D eigenvalue weighted by molar-refractivity contribution is 14.1. The van der Waals surface area contributed by atoms with E-state index in [1.54, 1.807) is 18.2 Å². The van der Waals surface area contributed by atoms with Crippen molar-refractivity contribution in [1.29, 1.82) is 0 Å². The number of carbonyl (C=O) groups is 1. The van der Waals surface area contributed by atoms with E-state index in [0.717, 1.165) is 20.1 Å². The van der Waals surface area contributed by atoms with Crippen LogP contribution in [0.25, 0.3) is 11.0 Å². The van der Waals surface area contributed by atoms with Crippen LogP contribution in [0.15, 0.2) is 51.3 Å². The Morgan fingerprint density at radius 2 is 2.03 bits per heavy atom. The molecule has 8 heteroatoms. The molecule has 1 atom stereocenters. The molecule has 2 aromatic carbocycles. The second kappa shape index (κ2) is 9.40. The van der Waals surface area contributed by atoms with Crippen LogP contribution >= 0.6 is 22.6 Å². The zero-order chi connectivity index (χ0) is 21.9. The number of rotatable bonds is 7. The van der Waals surface area contributed by atoms with Gasteiger partial charge in [-0.2, -0.15) is 0 Å². The van der Waals surface area contributed by atoms with Crippen LogP contribution in [0.5, 0.6) is 5.75 Å². The smallest absolute Gasteiger partial charge is 0.307 e. The summed E-state index contributed by atoms with van der Waals surface area (Å²) in [6, 6.07) is 12.9. The van der Waals surface area contributed by atoms with Crippen LogP contribution < -0.4 is 4.74 Å². The van der Waals surface area contributed by atoms with Crippen molar-refractivity contribution in [3.8, 4) is 5.75 Å². The first-order chi connectivity index (χ1) is 14.1. The van der Waals surface area contributed by atoms with Crippen molar-refractivity contribution in [2.75, 3.05) is 0 Å². The van der Waals surface area contributed by atoms with E-state index in [0.29, 0.717) is 23.7 Å². The maximum absolute atomic E-state index is 12.1. The van der Waals surface area contributed by atoms with Gasteiger partial charge in [-0.05, 0) is 73.2 Å². The molecule has 1 unspecified atom stereocenters. The van der Waals surface area contributed by atoms with Gasteiger partial charge in [-0.1, -0.05) is 22.6 Å². The molecular weight excluding hydrogens is 517 g/mol. The minimum absolute atomic E-state index is 0.0902. The molecule has 0 aliphatic heterocycles. The Morgan fingerprint density at radius 1 is 1.30 bits per heavy atom. The molecule has 3 aromatic rings. The first-order valence-electron chi connectivity index (χ1n) is 9.24. The summed E-state index contributed by atoms with van der Waals surface area (Å²) < 4.78 is 28.4. The molecule has 0 aliphatic carbocycles. The largest absolute Gasteiger partial charge is 0.591 e. The molecule has 1 N–H and O–H groups in total. The van der Waals surface area contributed by atoms with Crippen molar-refractivity contribution >= 4 is 57.1 Å². The number of ether oxygens (including phenoxy) is 1. The number of nitrogens with zero attached hydrogens (tertiary/aromatic N) is 1. The fourth-order valence-electron chi connectivity index (χ4n) is 2.71. The zero-order valence-corrected chi connectivity index (χ0v) is 19.8. The van der Waals surface area contributed by atoms with Crippen LogP contribution in [0.1, 0.15) is 37.7 Å². The van der Waals surface area contributed by atoms with Crippen LogP contribution in [0, 0.1) is 3.57 Å². The summed E-state index contributed by atoms with van der Waals surface area (Å²) in [5.41, 5.74) is 2.29. The van der Waals surface area contributed by atoms with Crippen LogP contribution in [0.2, 0.25) is 0 Å². The summed E-state index contributed by atoms with van der Waals surface area (Å²) in [6.07, 6.45) is 1.41. The van der Waals surface area contributed by atoms with E-state index in [1.807, 2.05) is 45.0 Å². The lowest BCUT2D eigenvalue weighted by Crippen LogP contribution is -2.25. The Kier molecular flexibility index (Phi) is 7.10. The van der Waals surface area contributed by atoms with Gasteiger partial charge in [-0.25, -0.2) is 0 Å². The third-order valence-electron chi connectivity index (χ3n) is 4.16. The first-order valence-corrected chi connectivity index (χ1v) is 11.4. The number of hydrogen-bond donors (Lipinski definition) is 1. The Morgan fingerprint density at radius 3 is 2.73 bits per heavy atom. The topological polar surface area (TPSA) is 95.1 Å². The van der Waals surface area contributed by atoms with Gasteiger partial charge in [0.15, 0.2) is 5.76 Å². The highest BCUT2D eigenvalue weighted by atomic mass is 127. The normalized spacial score (nSPS) is 13.1. The van der Waals surface area contributed by atoms with Crippen molar-refractivity contribution in [1.82, 2.24) is 0 Å². The molecule has 0 aliphatic rings. The highest BCUT2D eigenvalue weighted by Gasteiger charge is 2.26. The monoisotopic (exact) mass is 539 g/mol. The van der Waals surface area contributed by atoms with Crippen LogP contribution in [-0.2, 0) is 29.2 Å². The van der Waals surface area contributed by atoms with Crippen molar-refractivity contribution in [2.24, 2.45) is 4.40 Å². The minimum atomic E-state index is -1.35. The summed E-state index contributed by atoms with van der Waals surface area (Å²) in [5, 5.41) is 9.95. The van der Waals surface area contributed by atoms with Gasteiger partial charge < -0.3 is 18.8 Å². The molecule has 1 aromatic heterocycles. The van der Waals surface area contributed by atoms with Gasteiger partial charge in [0.05, 0.1) is 9.99 Å². The predicted molar refractivity (Wildman–Crippen MR) is 127 cm³/mol. The Balaban J connectivity index is 1.79. The maximum Gasteiger partial charge on any atom is 0.307 e. The molecule has 0 saturated carbocycles. The van der Waals surface area contributed by atoms with E-state index in [4.69, 9.17) is 14.3 Å². The van der Waals surface area contributed by atoms with Gasteiger partial charge in [0, 0.05) is 10.9 Å². The van der Waals surface area contributed by atoms with E-state index in [-0.39, 0.29) is 6.42 Å². The average Bonchev–Trinajstić information content (AvgIpc) is 3.08. The van der Waals surface area contributed by atoms with Gasteiger partial charge in [-0.3, -0.25) is 4.79 Å². The lowest BCUT2D eigenvalue weighted by Gasteiger charge is -2.17. The van der Waals surface area contributed by atoms with E-state index < -0.39 is 22.1 Å². The SMILES string of the molecule is CC(C)(C)[S+]([O-])/N=C/c1cc2cc(COc3ccccc3CC(=O)O)cc(I)c2o1. The number of carboxylic acids is 1. The Bertz CT molecular complexity index is 1090. The second-order valence-corrected chi connectivity index (χ2v) is 10.8. The number of aliphatic carboxylic acids is 1. The van der Waals surface area contributed by atoms with Crippen LogP contribution in [-0.4, -0.2) is 26.6 Å². The van der Waals surface area contributed by atoms with Crippen LogP contribution in [0.3, 0.4) is 0 Å². The molecule has 158 valence electrons. The third kappa shape index (κ3) is 5.77. The summed E-state index contributed by atoms with van der Waals surface area (Å²) >= 11 is 0.843. The van der Waals surface area contributed by atoms with Crippen molar-refractivity contribution in [2.45, 2.75) is 38.5 Å². The number of hydrogen-bond acceptors (Lipinski definition) is 5. The van der Waals surface area contributed by atoms with Gasteiger partial charge in [-0.15, -0.1) is 0 Å². The fourth-order valence-corrected chi connectivity index (χ4v) is 4.05. The predicted octanol–water partition coefficient (Wildman–Crippen LogP) is 5.12. The van der Waals surface area contributed by atoms with Crippen molar-refractivity contribution in [3.05, 3.63) is 62.9 Å². The molecule has 3 rings (SSSR count). The lowest BCUT2D eigenvalue weighted by molar-refractivity contribution is -0.136. The number of fused-ring (bicyclic) bond motifs is 1. The Labute approximate surface area is 191 Å². The zero-order valence-electron chi connectivity index (χ0n) is 16.8. The van der Waals surface area contributed by atoms with Gasteiger partial charge in [0.1, 0.15) is 40.3 Å². The molecular formula is C22H22INO5S. The summed E-state index contributed by atoms with van der Waals surface area (Å²) in [7, 11) is 0. The van der Waals surface area contributed by atoms with E-state index in [9.17, 15) is 9.35 Å². The van der Waals surface area contributed by atoms with E-state index >= 15 is 0 Å². The number of furan rings is 1. The number of carboxylic acid groups (broad SMARTS) is 1. The molecule has 0 saturated heterocycles. The van der Waals surface area contributed by atoms with E-state index in [2.05, 4.69) is 27.0 Å². The van der Waals surface area contributed by atoms with Gasteiger partial charge in [0.2, 0.25) is 0 Å². The summed E-state index contributed by atoms with van der Waals surface area (Å²) in [6.45, 7) is 5.89. The second-order valence-electron chi connectivity index (χ2n) is 7.71. The van der Waals surface area contributed by atoms with Crippen molar-refractivity contribution < 1.29 is 23.6 Å². The molecule has 0 spiro atoms. The molecule has 1 heterocycles. The molecule has 0 amide bonds. The van der Waals surface area contributed by atoms with Crippen LogP contribution in [0.4, 0.5) is 0 Å². The summed E-state index contributed by atoms with van der Waals surface area (Å²) in [4.78, 5) is 11.0. The molecule has 6 nitrogen and oxygen atoms in total. The quantitative estimate of drug-likeness (QED) is 0.255. The number of para-hydroxylation sites is 1. The lowest BCUT2D eigenvalue weighted by atomic mass is 10.1. The number of halogens is 1. The Hall–Kier alpha value is -2.04. The molecule has 30 heavy (non-hydrogen) atoms. The third-order valence-corrected chi connectivity index (χ3v) is 6.30. The molecule has 0 fully saturated rings.